The van der Waals surface area contributed by atoms with E-state index in [1.54, 1.807) is 18.2 Å². The number of benzene rings is 2. The molecule has 0 aliphatic heterocycles. The van der Waals surface area contributed by atoms with Crippen molar-refractivity contribution in [3.63, 3.8) is 0 Å². The van der Waals surface area contributed by atoms with Crippen LogP contribution in [0, 0.1) is 0 Å². The second-order valence-corrected chi connectivity index (χ2v) is 5.40. The molecule has 0 aromatic heterocycles. The molecule has 0 saturated carbocycles. The van der Waals surface area contributed by atoms with Gasteiger partial charge in [0.15, 0.2) is 0 Å². The maximum absolute atomic E-state index is 11.7. The Balaban J connectivity index is 2.76. The van der Waals surface area contributed by atoms with Gasteiger partial charge in [-0.25, -0.2) is 0 Å². The Kier molecular flexibility index (Phi) is 3.63. The quantitative estimate of drug-likeness (QED) is 0.802. The molecule has 18 heavy (non-hydrogen) atoms. The van der Waals surface area contributed by atoms with Crippen LogP contribution in [0.15, 0.2) is 41.3 Å². The van der Waals surface area contributed by atoms with Gasteiger partial charge in [0, 0.05) is 5.39 Å². The third-order valence-corrected chi connectivity index (χ3v) is 3.93. The summed E-state index contributed by atoms with van der Waals surface area (Å²) in [5, 5.41) is 1.44. The molecule has 0 fully saturated rings. The fourth-order valence-corrected chi connectivity index (χ4v) is 2.79. The molecule has 0 aliphatic rings. The van der Waals surface area contributed by atoms with Crippen LogP contribution in [-0.2, 0) is 20.8 Å². The van der Waals surface area contributed by atoms with Crippen LogP contribution in [0.5, 0.6) is 0 Å². The number of hydrogen-bond donors (Lipinski definition) is 2. The summed E-state index contributed by atoms with van der Waals surface area (Å²) >= 11 is 0. The van der Waals surface area contributed by atoms with Gasteiger partial charge >= 0.3 is 10.1 Å². The van der Waals surface area contributed by atoms with Crippen molar-refractivity contribution in [3.05, 3.63) is 42.0 Å². The van der Waals surface area contributed by atoms with E-state index >= 15 is 0 Å². The fourth-order valence-electron chi connectivity index (χ4n) is 1.99. The summed E-state index contributed by atoms with van der Waals surface area (Å²) in [6.07, 6.45) is 0.685. The molecule has 0 atom stereocenters. The topological polar surface area (TPSA) is 95.4 Å². The highest BCUT2D eigenvalue weighted by Gasteiger charge is 2.17. The van der Waals surface area contributed by atoms with E-state index in [4.69, 9.17) is 11.6 Å². The van der Waals surface area contributed by atoms with Gasteiger partial charge in [0.2, 0.25) is 0 Å². The minimum atomic E-state index is -3.91. The number of rotatable bonds is 4. The normalized spacial score (nSPS) is 11.9. The van der Waals surface area contributed by atoms with Crippen LogP contribution in [-0.4, -0.2) is 15.0 Å². The molecule has 6 heteroatoms. The lowest BCUT2D eigenvalue weighted by Crippen LogP contribution is -2.11. The fraction of sp³-hybridized carbons (Fsp3) is 0.167. The molecule has 2 aromatic carbocycles. The predicted octanol–water partition coefficient (Wildman–Crippen LogP) is 0.920. The largest absolute Gasteiger partial charge is 0.330 e. The number of nitrogens with two attached hydrogens (primary N) is 2. The van der Waals surface area contributed by atoms with Crippen LogP contribution in [0.1, 0.15) is 5.56 Å². The van der Waals surface area contributed by atoms with Gasteiger partial charge in [-0.15, -0.1) is 0 Å². The van der Waals surface area contributed by atoms with Crippen LogP contribution in [0.25, 0.3) is 10.8 Å². The van der Waals surface area contributed by atoms with Crippen molar-refractivity contribution < 1.29 is 12.7 Å². The summed E-state index contributed by atoms with van der Waals surface area (Å²) in [5.41, 5.74) is 6.54. The lowest BCUT2D eigenvalue weighted by atomic mass is 10.0. The SMILES string of the molecule is NCCc1cccc2c(S(=O)(=O)ON)cccc12. The zero-order valence-corrected chi connectivity index (χ0v) is 10.5. The summed E-state index contributed by atoms with van der Waals surface area (Å²) < 4.78 is 27.5. The van der Waals surface area contributed by atoms with Gasteiger partial charge in [0.05, 0.1) is 0 Å². The smallest absolute Gasteiger partial charge is 0.313 e. The lowest BCUT2D eigenvalue weighted by Gasteiger charge is -2.09. The summed E-state index contributed by atoms with van der Waals surface area (Å²) in [7, 11) is -3.91. The van der Waals surface area contributed by atoms with Gasteiger partial charge in [-0.2, -0.15) is 18.6 Å². The Morgan fingerprint density at radius 2 is 1.72 bits per heavy atom. The molecule has 0 unspecified atom stereocenters. The zero-order valence-electron chi connectivity index (χ0n) is 9.67. The van der Waals surface area contributed by atoms with Crippen molar-refractivity contribution in [2.24, 2.45) is 11.6 Å². The van der Waals surface area contributed by atoms with E-state index in [1.165, 1.54) is 6.07 Å². The van der Waals surface area contributed by atoms with Gasteiger partial charge < -0.3 is 5.73 Å². The van der Waals surface area contributed by atoms with Crippen molar-refractivity contribution in [2.75, 3.05) is 6.54 Å². The van der Waals surface area contributed by atoms with Crippen molar-refractivity contribution >= 4 is 20.9 Å². The maximum atomic E-state index is 11.7. The minimum absolute atomic E-state index is 0.0707. The second kappa shape index (κ2) is 5.03. The average Bonchev–Trinajstić information content (AvgIpc) is 2.39. The Morgan fingerprint density at radius 1 is 1.06 bits per heavy atom. The Labute approximate surface area is 105 Å². The van der Waals surface area contributed by atoms with E-state index in [2.05, 4.69) is 4.28 Å². The molecule has 2 aromatic rings. The maximum Gasteiger partial charge on any atom is 0.313 e. The molecule has 0 aliphatic carbocycles. The van der Waals surface area contributed by atoms with Crippen LogP contribution in [0.3, 0.4) is 0 Å². The van der Waals surface area contributed by atoms with E-state index in [1.807, 2.05) is 12.1 Å². The summed E-state index contributed by atoms with van der Waals surface area (Å²) in [5.74, 6) is 4.82. The number of fused-ring (bicyclic) bond motifs is 1. The van der Waals surface area contributed by atoms with Gasteiger partial charge in [-0.1, -0.05) is 30.3 Å². The highest BCUT2D eigenvalue weighted by Crippen LogP contribution is 2.26. The molecule has 0 spiro atoms. The van der Waals surface area contributed by atoms with Crippen molar-refractivity contribution in [3.8, 4) is 0 Å². The van der Waals surface area contributed by atoms with E-state index in [-0.39, 0.29) is 4.90 Å². The van der Waals surface area contributed by atoms with E-state index in [0.29, 0.717) is 18.4 Å². The van der Waals surface area contributed by atoms with E-state index < -0.39 is 10.1 Å². The molecule has 0 saturated heterocycles. The molecule has 96 valence electrons. The van der Waals surface area contributed by atoms with Crippen LogP contribution in [0.4, 0.5) is 0 Å². The predicted molar refractivity (Wildman–Crippen MR) is 69.2 cm³/mol. The van der Waals surface area contributed by atoms with Gasteiger partial charge in [-0.05, 0) is 30.0 Å². The first kappa shape index (κ1) is 13.0. The van der Waals surface area contributed by atoms with E-state index in [9.17, 15) is 8.42 Å². The standard InChI is InChI=1S/C12H14N2O3S/c13-8-7-9-3-1-5-11-10(9)4-2-6-12(11)18(15,16)17-14/h1-6H,7-8,13-14H2. The first-order valence-corrected chi connectivity index (χ1v) is 6.85. The van der Waals surface area contributed by atoms with Crippen LogP contribution in [0.2, 0.25) is 0 Å². The third kappa shape index (κ3) is 2.23. The lowest BCUT2D eigenvalue weighted by molar-refractivity contribution is 0.333. The minimum Gasteiger partial charge on any atom is -0.330 e. The first-order valence-electron chi connectivity index (χ1n) is 5.44. The summed E-state index contributed by atoms with van der Waals surface area (Å²) in [6.45, 7) is 0.503. The summed E-state index contributed by atoms with van der Waals surface area (Å²) in [6, 6.07) is 10.4. The van der Waals surface area contributed by atoms with Crippen molar-refractivity contribution in [1.29, 1.82) is 0 Å². The molecular formula is C12H14N2O3S. The van der Waals surface area contributed by atoms with Gasteiger partial charge in [-0.3, -0.25) is 0 Å². The molecule has 0 heterocycles. The zero-order chi connectivity index (χ0) is 13.2. The van der Waals surface area contributed by atoms with Gasteiger partial charge in [0.25, 0.3) is 0 Å². The number of hydrogen-bond acceptors (Lipinski definition) is 5. The molecule has 5 nitrogen and oxygen atoms in total. The molecule has 4 N–H and O–H groups in total. The molecule has 0 amide bonds. The van der Waals surface area contributed by atoms with Crippen LogP contribution < -0.4 is 11.6 Å². The molecule has 2 rings (SSSR count). The van der Waals surface area contributed by atoms with E-state index in [0.717, 1.165) is 10.9 Å². The highest BCUT2D eigenvalue weighted by atomic mass is 32.2. The summed E-state index contributed by atoms with van der Waals surface area (Å²) in [4.78, 5) is 0.0707. The Hall–Kier alpha value is -1.47. The second-order valence-electron chi connectivity index (χ2n) is 3.86. The first-order chi connectivity index (χ1) is 8.60. The Bertz CT molecular complexity index is 668. The van der Waals surface area contributed by atoms with Gasteiger partial charge in [0.1, 0.15) is 4.90 Å². The Morgan fingerprint density at radius 3 is 2.39 bits per heavy atom. The molecule has 0 bridgehead atoms. The van der Waals surface area contributed by atoms with Crippen molar-refractivity contribution in [2.45, 2.75) is 11.3 Å². The molecule has 0 radical (unpaired) electrons. The monoisotopic (exact) mass is 266 g/mol. The average molecular weight is 266 g/mol. The van der Waals surface area contributed by atoms with Crippen LogP contribution >= 0.6 is 0 Å². The third-order valence-electron chi connectivity index (χ3n) is 2.78. The highest BCUT2D eigenvalue weighted by molar-refractivity contribution is 7.87. The van der Waals surface area contributed by atoms with Crippen molar-refractivity contribution in [1.82, 2.24) is 0 Å². The molecular weight excluding hydrogens is 252 g/mol.